The number of hydrogen-bond acceptors (Lipinski definition) is 3. The molecule has 2 amide bonds. The average molecular weight is 382 g/mol. The van der Waals surface area contributed by atoms with Crippen LogP contribution in [0.2, 0.25) is 0 Å². The molecule has 0 aromatic heterocycles. The summed E-state index contributed by atoms with van der Waals surface area (Å²) >= 11 is 0. The summed E-state index contributed by atoms with van der Waals surface area (Å²) in [5.41, 5.74) is 0.0497. The number of amides is 2. The molecule has 0 spiro atoms. The molecule has 0 heterocycles. The minimum Gasteiger partial charge on any atom is -0.481 e. The third kappa shape index (κ3) is 4.50. The third-order valence-corrected chi connectivity index (χ3v) is 5.35. The summed E-state index contributed by atoms with van der Waals surface area (Å²) in [6.07, 6.45) is 1.33. The van der Waals surface area contributed by atoms with Gasteiger partial charge in [-0.05, 0) is 35.1 Å². The van der Waals surface area contributed by atoms with Crippen molar-refractivity contribution in [2.75, 3.05) is 6.54 Å². The summed E-state index contributed by atoms with van der Waals surface area (Å²) in [7, 11) is 0. The van der Waals surface area contributed by atoms with Crippen molar-refractivity contribution in [3.8, 4) is 0 Å². The van der Waals surface area contributed by atoms with E-state index in [1.807, 2.05) is 56.3 Å². The predicted octanol–water partition coefficient (Wildman–Crippen LogP) is 2.50. The maximum Gasteiger partial charge on any atom is 0.311 e. The van der Waals surface area contributed by atoms with Crippen molar-refractivity contribution in [1.29, 1.82) is 0 Å². The smallest absolute Gasteiger partial charge is 0.311 e. The number of hydrogen-bond donors (Lipinski definition) is 3. The highest BCUT2D eigenvalue weighted by molar-refractivity contribution is 5.90. The lowest BCUT2D eigenvalue weighted by atomic mass is 10.0. The molecule has 2 aromatic carbocycles. The Balaban J connectivity index is 1.60. The zero-order valence-electron chi connectivity index (χ0n) is 16.2. The van der Waals surface area contributed by atoms with Crippen LogP contribution < -0.4 is 10.6 Å². The average Bonchev–Trinajstić information content (AvgIpc) is 3.45. The lowest BCUT2D eigenvalue weighted by Gasteiger charge is -2.23. The van der Waals surface area contributed by atoms with Gasteiger partial charge in [-0.3, -0.25) is 14.4 Å². The molecule has 1 unspecified atom stereocenters. The third-order valence-electron chi connectivity index (χ3n) is 5.35. The van der Waals surface area contributed by atoms with Crippen molar-refractivity contribution in [1.82, 2.24) is 10.6 Å². The van der Waals surface area contributed by atoms with Crippen LogP contribution in [0.1, 0.15) is 32.3 Å². The Morgan fingerprint density at radius 1 is 1.07 bits per heavy atom. The van der Waals surface area contributed by atoms with Gasteiger partial charge in [0.25, 0.3) is 0 Å². The first-order valence-corrected chi connectivity index (χ1v) is 9.59. The van der Waals surface area contributed by atoms with Gasteiger partial charge in [-0.25, -0.2) is 0 Å². The molecule has 1 aliphatic rings. The van der Waals surface area contributed by atoms with Gasteiger partial charge in [0.1, 0.15) is 6.04 Å². The van der Waals surface area contributed by atoms with Crippen LogP contribution in [0.5, 0.6) is 0 Å². The predicted molar refractivity (Wildman–Crippen MR) is 107 cm³/mol. The van der Waals surface area contributed by atoms with Gasteiger partial charge in [-0.1, -0.05) is 56.3 Å². The first kappa shape index (κ1) is 19.9. The van der Waals surface area contributed by atoms with E-state index in [0.717, 1.165) is 16.3 Å². The number of carboxylic acid groups (broad SMARTS) is 1. The molecule has 0 radical (unpaired) electrons. The number of carboxylic acids is 1. The molecule has 1 aliphatic carbocycles. The van der Waals surface area contributed by atoms with E-state index in [9.17, 15) is 19.5 Å². The molecule has 1 atom stereocenters. The minimum atomic E-state index is -0.880. The monoisotopic (exact) mass is 382 g/mol. The van der Waals surface area contributed by atoms with Crippen LogP contribution in [0.25, 0.3) is 10.8 Å². The molecule has 1 fully saturated rings. The maximum absolute atomic E-state index is 12.5. The largest absolute Gasteiger partial charge is 0.481 e. The summed E-state index contributed by atoms with van der Waals surface area (Å²) < 4.78 is 0. The molecule has 28 heavy (non-hydrogen) atoms. The van der Waals surface area contributed by atoms with Crippen LogP contribution in [-0.4, -0.2) is 35.5 Å². The summed E-state index contributed by atoms with van der Waals surface area (Å²) in [4.78, 5) is 36.3. The van der Waals surface area contributed by atoms with E-state index in [1.165, 1.54) is 0 Å². The first-order chi connectivity index (χ1) is 13.3. The Morgan fingerprint density at radius 3 is 2.36 bits per heavy atom. The van der Waals surface area contributed by atoms with E-state index in [2.05, 4.69) is 10.6 Å². The Morgan fingerprint density at radius 2 is 1.75 bits per heavy atom. The summed E-state index contributed by atoms with van der Waals surface area (Å²) in [5, 5.41) is 16.9. The lowest BCUT2D eigenvalue weighted by Crippen LogP contribution is -2.51. The maximum atomic E-state index is 12.5. The highest BCUT2D eigenvalue weighted by Crippen LogP contribution is 2.45. The van der Waals surface area contributed by atoms with E-state index in [-0.39, 0.29) is 30.7 Å². The van der Waals surface area contributed by atoms with Crippen LogP contribution in [0.3, 0.4) is 0 Å². The molecule has 0 bridgehead atoms. The first-order valence-electron chi connectivity index (χ1n) is 9.59. The molecule has 0 aliphatic heterocycles. The van der Waals surface area contributed by atoms with Crippen molar-refractivity contribution < 1.29 is 19.5 Å². The Hall–Kier alpha value is -2.89. The van der Waals surface area contributed by atoms with E-state index >= 15 is 0 Å². The molecular formula is C22H26N2O4. The fraction of sp³-hybridized carbons (Fsp3) is 0.409. The van der Waals surface area contributed by atoms with Gasteiger partial charge >= 0.3 is 5.97 Å². The Bertz CT molecular complexity index is 902. The van der Waals surface area contributed by atoms with E-state index < -0.39 is 17.4 Å². The van der Waals surface area contributed by atoms with Gasteiger partial charge in [-0.2, -0.15) is 0 Å². The van der Waals surface area contributed by atoms with Crippen LogP contribution in [-0.2, 0) is 20.8 Å². The normalized spacial score (nSPS) is 15.8. The minimum absolute atomic E-state index is 0.102. The standard InChI is InChI=1S/C22H26N2O4/c1-14(2)19(20(26)23-13-22(9-10-22)21(27)28)24-18(25)12-15-7-8-16-5-3-4-6-17(16)11-15/h3-8,11,14,19H,9-10,12-13H2,1-2H3,(H,23,26)(H,24,25)(H,27,28). The molecule has 6 heteroatoms. The second-order valence-electron chi connectivity index (χ2n) is 7.95. The van der Waals surface area contributed by atoms with Gasteiger partial charge in [0.2, 0.25) is 11.8 Å². The number of aliphatic carboxylic acids is 1. The second kappa shape index (κ2) is 8.00. The molecule has 2 aromatic rings. The molecule has 3 N–H and O–H groups in total. The summed E-state index contributed by atoms with van der Waals surface area (Å²) in [6.45, 7) is 3.81. The van der Waals surface area contributed by atoms with Crippen molar-refractivity contribution in [3.05, 3.63) is 48.0 Å². The second-order valence-corrected chi connectivity index (χ2v) is 7.95. The zero-order valence-corrected chi connectivity index (χ0v) is 16.2. The number of carbonyl (C=O) groups excluding carboxylic acids is 2. The van der Waals surface area contributed by atoms with Gasteiger partial charge in [-0.15, -0.1) is 0 Å². The molecular weight excluding hydrogens is 356 g/mol. The number of carbonyl (C=O) groups is 3. The van der Waals surface area contributed by atoms with Gasteiger partial charge < -0.3 is 15.7 Å². The lowest BCUT2D eigenvalue weighted by molar-refractivity contribution is -0.143. The Labute approximate surface area is 164 Å². The zero-order chi connectivity index (χ0) is 20.3. The van der Waals surface area contributed by atoms with Gasteiger partial charge in [0.15, 0.2) is 0 Å². The number of benzene rings is 2. The van der Waals surface area contributed by atoms with E-state index in [4.69, 9.17) is 0 Å². The van der Waals surface area contributed by atoms with Crippen LogP contribution in [0.4, 0.5) is 0 Å². The summed E-state index contributed by atoms with van der Waals surface area (Å²) in [5.74, 6) is -1.56. The molecule has 1 saturated carbocycles. The fourth-order valence-electron chi connectivity index (χ4n) is 3.28. The SMILES string of the molecule is CC(C)C(NC(=O)Cc1ccc2ccccc2c1)C(=O)NCC1(C(=O)O)CC1. The van der Waals surface area contributed by atoms with Crippen molar-refractivity contribution in [2.24, 2.45) is 11.3 Å². The van der Waals surface area contributed by atoms with Crippen LogP contribution in [0, 0.1) is 11.3 Å². The van der Waals surface area contributed by atoms with Crippen molar-refractivity contribution in [3.63, 3.8) is 0 Å². The topological polar surface area (TPSA) is 95.5 Å². The fourth-order valence-corrected chi connectivity index (χ4v) is 3.28. The van der Waals surface area contributed by atoms with Gasteiger partial charge in [0.05, 0.1) is 11.8 Å². The molecule has 148 valence electrons. The highest BCUT2D eigenvalue weighted by Gasteiger charge is 2.50. The van der Waals surface area contributed by atoms with Crippen LogP contribution in [0.15, 0.2) is 42.5 Å². The Kier molecular flexibility index (Phi) is 5.68. The highest BCUT2D eigenvalue weighted by atomic mass is 16.4. The van der Waals surface area contributed by atoms with E-state index in [0.29, 0.717) is 12.8 Å². The van der Waals surface area contributed by atoms with E-state index in [1.54, 1.807) is 0 Å². The van der Waals surface area contributed by atoms with Crippen LogP contribution >= 0.6 is 0 Å². The van der Waals surface area contributed by atoms with Gasteiger partial charge in [0, 0.05) is 6.54 Å². The number of fused-ring (bicyclic) bond motifs is 1. The molecule has 3 rings (SSSR count). The van der Waals surface area contributed by atoms with Crippen molar-refractivity contribution in [2.45, 2.75) is 39.2 Å². The number of nitrogens with one attached hydrogen (secondary N) is 2. The quantitative estimate of drug-likeness (QED) is 0.654. The molecule has 0 saturated heterocycles. The summed E-state index contributed by atoms with van der Waals surface area (Å²) in [6, 6.07) is 13.1. The molecule has 6 nitrogen and oxygen atoms in total. The number of rotatable bonds is 8. The van der Waals surface area contributed by atoms with Crippen molar-refractivity contribution >= 4 is 28.6 Å².